The third kappa shape index (κ3) is 14.4. The number of para-hydroxylation sites is 1. The van der Waals surface area contributed by atoms with Crippen molar-refractivity contribution in [3.8, 4) is 17.6 Å². The maximum absolute atomic E-state index is 14.9. The van der Waals surface area contributed by atoms with E-state index in [-0.39, 0.29) is 37.2 Å². The first kappa shape index (κ1) is 52.6. The van der Waals surface area contributed by atoms with Gasteiger partial charge in [0.05, 0.1) is 55.9 Å². The molecule has 14 nitrogen and oxygen atoms in total. The second-order valence-corrected chi connectivity index (χ2v) is 20.7. The van der Waals surface area contributed by atoms with Crippen molar-refractivity contribution in [2.45, 2.75) is 179 Å². The van der Waals surface area contributed by atoms with Crippen molar-refractivity contribution in [3.63, 3.8) is 0 Å². The molecule has 4 aromatic rings. The number of halogens is 1. The number of anilines is 1. The van der Waals surface area contributed by atoms with E-state index in [1.54, 1.807) is 40.9 Å². The van der Waals surface area contributed by atoms with Crippen molar-refractivity contribution >= 4 is 30.8 Å². The molecule has 4 heterocycles. The van der Waals surface area contributed by atoms with Crippen molar-refractivity contribution in [2.75, 3.05) is 32.7 Å². The van der Waals surface area contributed by atoms with Crippen LogP contribution in [0.15, 0.2) is 60.9 Å². The third-order valence-corrected chi connectivity index (χ3v) is 14.5. The number of nitrogen functional groups attached to an aromatic ring is 1. The maximum Gasteiger partial charge on any atom is 0.530 e. The Morgan fingerprint density at radius 2 is 1.55 bits per heavy atom. The predicted octanol–water partition coefficient (Wildman–Crippen LogP) is 12.8. The van der Waals surface area contributed by atoms with Crippen LogP contribution in [-0.2, 0) is 44.8 Å². The van der Waals surface area contributed by atoms with Gasteiger partial charge in [0.15, 0.2) is 17.2 Å². The Hall–Kier alpha value is -3.77. The molecule has 2 fully saturated rings. The Morgan fingerprint density at radius 1 is 0.896 bits per heavy atom. The van der Waals surface area contributed by atoms with E-state index < -0.39 is 37.0 Å². The minimum atomic E-state index is -4.45. The molecular weight excluding hydrogens is 893 g/mol. The van der Waals surface area contributed by atoms with Gasteiger partial charge in [-0.3, -0.25) is 9.05 Å². The molecule has 0 aliphatic carbocycles. The molecule has 2 aliphatic rings. The Bertz CT molecular complexity index is 2260. The standard InChI is InChI=1S/C51H73ClN5O9P/c1-6-7-8-9-10-11-12-13-14-15-16-17-18-19-20-21-22-25-41(60-34-39-28-29-40(33-53)45(32-39)59-5)35-62-67(58,65-44-27-24-23-26-42(44)52)63-36-50(4)48-51(37-61-50,66-49(2,3)64-48)46-31-30-43-47(54)55-38-56-57(43)46/h23-24,26-32,38,41,48H,6-22,25,34-37H2,1-5H3,(H2,54,55,56)/t41-,48-,50-,51?,67?/m1/s1. The normalized spacial score (nSPS) is 21.2. The molecule has 0 radical (unpaired) electrons. The van der Waals surface area contributed by atoms with E-state index in [1.165, 1.54) is 103 Å². The first-order valence-electron chi connectivity index (χ1n) is 24.5. The lowest BCUT2D eigenvalue weighted by atomic mass is 9.86. The number of benzene rings is 2. The highest BCUT2D eigenvalue weighted by Gasteiger charge is 2.68. The first-order chi connectivity index (χ1) is 32.3. The molecular formula is C51H73ClN5O9P. The number of nitriles is 1. The van der Waals surface area contributed by atoms with Gasteiger partial charge in [-0.2, -0.15) is 10.4 Å². The summed E-state index contributed by atoms with van der Waals surface area (Å²) in [4.78, 5) is 4.14. The summed E-state index contributed by atoms with van der Waals surface area (Å²) in [6, 6.07) is 17.9. The lowest BCUT2D eigenvalue weighted by Gasteiger charge is -2.32. The number of nitrogens with zero attached hydrogens (tertiary/aromatic N) is 4. The zero-order valence-corrected chi connectivity index (χ0v) is 42.0. The number of phosphoric acid groups is 1. The Morgan fingerprint density at radius 3 is 2.19 bits per heavy atom. The van der Waals surface area contributed by atoms with Gasteiger partial charge in [-0.25, -0.2) is 14.1 Å². The number of ether oxygens (including phenoxy) is 5. The van der Waals surface area contributed by atoms with Crippen LogP contribution in [0.3, 0.4) is 0 Å². The van der Waals surface area contributed by atoms with Crippen LogP contribution >= 0.6 is 19.4 Å². The lowest BCUT2D eigenvalue weighted by Crippen LogP contribution is -2.48. The van der Waals surface area contributed by atoms with Crippen molar-refractivity contribution in [1.29, 1.82) is 5.26 Å². The van der Waals surface area contributed by atoms with Crippen molar-refractivity contribution in [3.05, 3.63) is 82.8 Å². The van der Waals surface area contributed by atoms with Crippen LogP contribution < -0.4 is 15.0 Å². The van der Waals surface area contributed by atoms with E-state index in [9.17, 15) is 9.83 Å². The van der Waals surface area contributed by atoms with Crippen molar-refractivity contribution in [2.24, 2.45) is 0 Å². The van der Waals surface area contributed by atoms with Gasteiger partial charge < -0.3 is 33.9 Å². The highest BCUT2D eigenvalue weighted by atomic mass is 35.5. The predicted molar refractivity (Wildman–Crippen MR) is 260 cm³/mol. The average Bonchev–Trinajstić information content (AvgIpc) is 3.97. The van der Waals surface area contributed by atoms with Gasteiger partial charge in [0.25, 0.3) is 0 Å². The quantitative estimate of drug-likeness (QED) is 0.0373. The molecule has 0 bridgehead atoms. The average molecular weight is 967 g/mol. The first-order valence-corrected chi connectivity index (χ1v) is 26.3. The molecule has 0 saturated carbocycles. The van der Waals surface area contributed by atoms with E-state index >= 15 is 0 Å². The number of methoxy groups -OCH3 is 1. The number of hydrogen-bond donors (Lipinski definition) is 1. The summed E-state index contributed by atoms with van der Waals surface area (Å²) in [5.41, 5.74) is 6.37. The number of phosphoric ester groups is 1. The van der Waals surface area contributed by atoms with Gasteiger partial charge in [0.2, 0.25) is 0 Å². The molecule has 2 aromatic carbocycles. The molecule has 16 heteroatoms. The van der Waals surface area contributed by atoms with Crippen molar-refractivity contribution < 1.29 is 41.8 Å². The summed E-state index contributed by atoms with van der Waals surface area (Å²) in [7, 11) is -2.92. The Balaban J connectivity index is 1.08. The number of rotatable bonds is 31. The number of hydrogen-bond acceptors (Lipinski definition) is 13. The fourth-order valence-electron chi connectivity index (χ4n) is 9.17. The van der Waals surface area contributed by atoms with Crippen LogP contribution in [0, 0.1) is 11.3 Å². The van der Waals surface area contributed by atoms with Gasteiger partial charge in [-0.05, 0) is 69.2 Å². The monoisotopic (exact) mass is 965 g/mol. The largest absolute Gasteiger partial charge is 0.530 e. The lowest BCUT2D eigenvalue weighted by molar-refractivity contribution is -0.208. The van der Waals surface area contributed by atoms with E-state index in [4.69, 9.17) is 54.6 Å². The second-order valence-electron chi connectivity index (χ2n) is 18.7. The molecule has 0 spiro atoms. The van der Waals surface area contributed by atoms with E-state index in [1.807, 2.05) is 39.0 Å². The molecule has 5 atom stereocenters. The molecule has 368 valence electrons. The molecule has 0 amide bonds. The molecule has 2 N–H and O–H groups in total. The van der Waals surface area contributed by atoms with Crippen LogP contribution in [0.5, 0.6) is 11.5 Å². The fourth-order valence-corrected chi connectivity index (χ4v) is 10.7. The zero-order chi connectivity index (χ0) is 47.8. The number of fused-ring (bicyclic) bond motifs is 2. The van der Waals surface area contributed by atoms with Crippen LogP contribution in [0.2, 0.25) is 5.02 Å². The summed E-state index contributed by atoms with van der Waals surface area (Å²) >= 11 is 6.54. The number of aromatic nitrogens is 3. The van der Waals surface area contributed by atoms with E-state index in [0.717, 1.165) is 24.8 Å². The zero-order valence-electron chi connectivity index (χ0n) is 40.4. The highest BCUT2D eigenvalue weighted by Crippen LogP contribution is 2.57. The fraction of sp³-hybridized carbons (Fsp3) is 0.627. The number of unbranched alkanes of at least 4 members (excludes halogenated alkanes) is 16. The Labute approximate surface area is 403 Å². The minimum absolute atomic E-state index is 0.0723. The molecule has 67 heavy (non-hydrogen) atoms. The van der Waals surface area contributed by atoms with Crippen molar-refractivity contribution in [1.82, 2.24) is 14.6 Å². The summed E-state index contributed by atoms with van der Waals surface area (Å²) in [5, 5.41) is 14.2. The molecule has 2 unspecified atom stereocenters. The third-order valence-electron chi connectivity index (χ3n) is 12.8. The summed E-state index contributed by atoms with van der Waals surface area (Å²) in [5.74, 6) is -0.114. The summed E-state index contributed by atoms with van der Waals surface area (Å²) in [6.07, 6.45) is 22.5. The van der Waals surface area contributed by atoms with Crippen LogP contribution in [0.25, 0.3) is 5.52 Å². The second kappa shape index (κ2) is 25.2. The van der Waals surface area contributed by atoms with Crippen LogP contribution in [-0.4, -0.2) is 65.1 Å². The van der Waals surface area contributed by atoms with Gasteiger partial charge in [-0.15, -0.1) is 0 Å². The van der Waals surface area contributed by atoms with Gasteiger partial charge in [0, 0.05) is 0 Å². The molecule has 2 aliphatic heterocycles. The van der Waals surface area contributed by atoms with Gasteiger partial charge in [0.1, 0.15) is 41.1 Å². The van der Waals surface area contributed by atoms with Crippen LogP contribution in [0.1, 0.15) is 160 Å². The smallest absolute Gasteiger partial charge is 0.495 e. The maximum atomic E-state index is 14.9. The summed E-state index contributed by atoms with van der Waals surface area (Å²) in [6.45, 7) is 7.65. The van der Waals surface area contributed by atoms with Crippen LogP contribution in [0.4, 0.5) is 5.82 Å². The minimum Gasteiger partial charge on any atom is -0.495 e. The molecule has 2 aromatic heterocycles. The number of nitrogens with two attached hydrogens (primary N) is 1. The van der Waals surface area contributed by atoms with Gasteiger partial charge in [-0.1, -0.05) is 146 Å². The Kier molecular flexibility index (Phi) is 19.8. The van der Waals surface area contributed by atoms with E-state index in [2.05, 4.69) is 23.1 Å². The molecule has 2 saturated heterocycles. The topological polar surface area (TPSA) is 171 Å². The van der Waals surface area contributed by atoms with E-state index in [0.29, 0.717) is 34.8 Å². The summed E-state index contributed by atoms with van der Waals surface area (Å²) < 4.78 is 66.8. The highest BCUT2D eigenvalue weighted by molar-refractivity contribution is 7.49. The SMILES string of the molecule is CCCCCCCCCCCCCCCCCCC[C@H](COP(=O)(OC[C@@]1(C)OCC2(c3ccc4c(N)ncnn34)OC(C)(C)O[C@@H]21)Oc1ccccc1Cl)OCc1ccc(C#N)c(OC)c1. The van der Waals surface area contributed by atoms with Gasteiger partial charge >= 0.3 is 7.82 Å². The molecule has 6 rings (SSSR count).